The summed E-state index contributed by atoms with van der Waals surface area (Å²) in [4.78, 5) is 15.9. The van der Waals surface area contributed by atoms with E-state index in [-0.39, 0.29) is 0 Å². The summed E-state index contributed by atoms with van der Waals surface area (Å²) in [5, 5.41) is 14.6. The smallest absolute Gasteiger partial charge is 0.238 e. The topological polar surface area (TPSA) is 43.6 Å². The minimum atomic E-state index is 0.589. The lowest BCUT2D eigenvalue weighted by atomic mass is 9.94. The molecule has 0 aliphatic carbocycles. The first kappa shape index (κ1) is 33.3. The van der Waals surface area contributed by atoms with E-state index >= 15 is 0 Å². The van der Waals surface area contributed by atoms with Crippen LogP contribution in [0, 0.1) is 0 Å². The number of hydrogen-bond donors (Lipinski definition) is 0. The molecule has 0 radical (unpaired) electrons. The summed E-state index contributed by atoms with van der Waals surface area (Å²) in [6.07, 6.45) is 0. The molecule has 0 fully saturated rings. The molecule has 5 heteroatoms. The van der Waals surface area contributed by atoms with E-state index < -0.39 is 0 Å². The Labute approximate surface area is 348 Å². The fraction of sp³-hybridized carbons (Fsp3) is 0. The van der Waals surface area contributed by atoms with Crippen molar-refractivity contribution in [3.63, 3.8) is 0 Å². The number of rotatable bonds is 4. The van der Waals surface area contributed by atoms with Gasteiger partial charge in [-0.1, -0.05) is 188 Å². The first-order chi connectivity index (χ1) is 29.8. The summed E-state index contributed by atoms with van der Waals surface area (Å²) in [7, 11) is 0. The number of hydrogen-bond acceptors (Lipinski definition) is 4. The number of benzene rings is 10. The van der Waals surface area contributed by atoms with Gasteiger partial charge in [-0.2, -0.15) is 9.97 Å². The molecule has 278 valence electrons. The fourth-order valence-electron chi connectivity index (χ4n) is 9.58. The van der Waals surface area contributed by atoms with Crippen molar-refractivity contribution in [1.29, 1.82) is 0 Å². The van der Waals surface area contributed by atoms with Crippen molar-refractivity contribution in [3.8, 4) is 39.9 Å². The van der Waals surface area contributed by atoms with Gasteiger partial charge >= 0.3 is 0 Å². The Morgan fingerprint density at radius 3 is 1.53 bits per heavy atom. The normalized spacial score (nSPS) is 12.0. The Hall–Kier alpha value is -7.73. The van der Waals surface area contributed by atoms with Crippen LogP contribution in [0.1, 0.15) is 0 Å². The zero-order valence-electron chi connectivity index (χ0n) is 32.2. The molecular formula is C55H32N4S. The molecule has 13 aromatic rings. The second-order valence-electron chi connectivity index (χ2n) is 15.5. The van der Waals surface area contributed by atoms with Gasteiger partial charge in [0.15, 0.2) is 11.6 Å². The van der Waals surface area contributed by atoms with Crippen LogP contribution in [0.15, 0.2) is 194 Å². The molecule has 0 atom stereocenters. The molecule has 60 heavy (non-hydrogen) atoms. The van der Waals surface area contributed by atoms with E-state index in [2.05, 4.69) is 162 Å². The minimum Gasteiger partial charge on any atom is -0.276 e. The molecule has 13 rings (SSSR count). The van der Waals surface area contributed by atoms with Crippen molar-refractivity contribution < 1.29 is 0 Å². The Morgan fingerprint density at radius 1 is 0.333 bits per heavy atom. The Kier molecular flexibility index (Phi) is 7.14. The van der Waals surface area contributed by atoms with Gasteiger partial charge in [0.25, 0.3) is 0 Å². The Morgan fingerprint density at radius 2 is 0.850 bits per heavy atom. The number of thiophene rings is 1. The summed E-state index contributed by atoms with van der Waals surface area (Å²) >= 11 is 1.90. The van der Waals surface area contributed by atoms with E-state index in [0.29, 0.717) is 17.6 Å². The van der Waals surface area contributed by atoms with Crippen LogP contribution in [-0.2, 0) is 0 Å². The maximum absolute atomic E-state index is 5.41. The van der Waals surface area contributed by atoms with Crippen LogP contribution in [0.25, 0.3) is 125 Å². The molecular weight excluding hydrogens is 749 g/mol. The third kappa shape index (κ3) is 4.81. The highest BCUT2D eigenvalue weighted by atomic mass is 32.1. The predicted octanol–water partition coefficient (Wildman–Crippen LogP) is 15.0. The second kappa shape index (κ2) is 12.9. The highest BCUT2D eigenvalue weighted by Gasteiger charge is 2.27. The van der Waals surface area contributed by atoms with Gasteiger partial charge in [0, 0.05) is 52.8 Å². The van der Waals surface area contributed by atoms with E-state index in [1.807, 2.05) is 47.7 Å². The van der Waals surface area contributed by atoms with Crippen molar-refractivity contribution in [1.82, 2.24) is 19.5 Å². The van der Waals surface area contributed by atoms with Gasteiger partial charge in [-0.3, -0.25) is 4.57 Å². The predicted molar refractivity (Wildman–Crippen MR) is 253 cm³/mol. The second-order valence-corrected chi connectivity index (χ2v) is 16.5. The molecule has 0 unspecified atom stereocenters. The first-order valence-electron chi connectivity index (χ1n) is 20.3. The van der Waals surface area contributed by atoms with Gasteiger partial charge < -0.3 is 0 Å². The molecule has 3 heterocycles. The van der Waals surface area contributed by atoms with Gasteiger partial charge in [-0.05, 0) is 49.5 Å². The quantitative estimate of drug-likeness (QED) is 0.167. The average molecular weight is 781 g/mol. The summed E-state index contributed by atoms with van der Waals surface area (Å²) < 4.78 is 4.90. The van der Waals surface area contributed by atoms with Gasteiger partial charge in [0.2, 0.25) is 5.95 Å². The van der Waals surface area contributed by atoms with E-state index in [1.54, 1.807) is 0 Å². The van der Waals surface area contributed by atoms with Crippen LogP contribution in [0.4, 0.5) is 0 Å². The summed E-state index contributed by atoms with van der Waals surface area (Å²) in [5.74, 6) is 1.85. The molecule has 10 aromatic carbocycles. The number of nitrogens with zero attached hydrogens (tertiary/aromatic N) is 4. The van der Waals surface area contributed by atoms with Crippen molar-refractivity contribution in [2.24, 2.45) is 0 Å². The van der Waals surface area contributed by atoms with Crippen molar-refractivity contribution in [3.05, 3.63) is 194 Å². The molecule has 0 aliphatic heterocycles. The van der Waals surface area contributed by atoms with Crippen LogP contribution < -0.4 is 0 Å². The van der Waals surface area contributed by atoms with Crippen molar-refractivity contribution in [2.75, 3.05) is 0 Å². The monoisotopic (exact) mass is 780 g/mol. The number of aromatic nitrogens is 4. The summed E-state index contributed by atoms with van der Waals surface area (Å²) in [5.41, 5.74) is 6.52. The highest BCUT2D eigenvalue weighted by molar-refractivity contribution is 7.27. The maximum atomic E-state index is 5.41. The lowest BCUT2D eigenvalue weighted by molar-refractivity contribution is 0.957. The summed E-state index contributed by atoms with van der Waals surface area (Å²) in [6.45, 7) is 0. The van der Waals surface area contributed by atoms with Gasteiger partial charge in [-0.15, -0.1) is 11.3 Å². The average Bonchev–Trinajstić information content (AvgIpc) is 3.90. The molecule has 0 spiro atoms. The third-order valence-electron chi connectivity index (χ3n) is 12.2. The fourth-order valence-corrected chi connectivity index (χ4v) is 11.0. The summed E-state index contributed by atoms with van der Waals surface area (Å²) in [6, 6.07) is 69.4. The molecule has 0 N–H and O–H groups in total. The Bertz CT molecular complexity index is 3830. The molecule has 0 saturated heterocycles. The molecule has 0 aliphatic rings. The van der Waals surface area contributed by atoms with E-state index in [4.69, 9.17) is 15.0 Å². The van der Waals surface area contributed by atoms with Crippen LogP contribution in [0.5, 0.6) is 0 Å². The standard InChI is InChI=1S/C55H32N4S/c1-3-17-34(18-4-1)53-56-54(35-19-5-2-6-20-35)58-55(57-53)59-49-43-26-13-10-23-40(43)39-22-9-11-24-41(39)47(49)48-50(59)44-27-14-12-25-42(44)46-45-29-15-28-38(51(45)60-52(46)48)37-31-30-33-16-7-8-21-36(33)32-37/h1-32H. The lowest BCUT2D eigenvalue weighted by Crippen LogP contribution is -2.07. The van der Waals surface area contributed by atoms with Crippen LogP contribution in [0.2, 0.25) is 0 Å². The van der Waals surface area contributed by atoms with Crippen LogP contribution in [-0.4, -0.2) is 19.5 Å². The van der Waals surface area contributed by atoms with Gasteiger partial charge in [0.05, 0.1) is 11.0 Å². The lowest BCUT2D eigenvalue weighted by Gasteiger charge is -2.13. The zero-order valence-corrected chi connectivity index (χ0v) is 33.0. The third-order valence-corrected chi connectivity index (χ3v) is 13.4. The highest BCUT2D eigenvalue weighted by Crippen LogP contribution is 2.52. The SMILES string of the molecule is c1ccc(-c2nc(-c3ccccc3)nc(-n3c4c5ccccc5c5ccccc5c4c4c5sc6c(-c7ccc8ccccc8c7)cccc6c5c5ccccc5c43)n2)cc1. The Balaban J connectivity index is 1.26. The van der Waals surface area contributed by atoms with E-state index in [0.717, 1.165) is 32.9 Å². The van der Waals surface area contributed by atoms with Crippen LogP contribution in [0.3, 0.4) is 0 Å². The zero-order chi connectivity index (χ0) is 39.3. The maximum Gasteiger partial charge on any atom is 0.238 e. The molecule has 0 amide bonds. The van der Waals surface area contributed by atoms with E-state index in [9.17, 15) is 0 Å². The van der Waals surface area contributed by atoms with Crippen molar-refractivity contribution >= 4 is 96.4 Å². The van der Waals surface area contributed by atoms with Gasteiger partial charge in [-0.25, -0.2) is 4.98 Å². The van der Waals surface area contributed by atoms with Crippen LogP contribution >= 0.6 is 11.3 Å². The molecule has 0 saturated carbocycles. The molecule has 3 aromatic heterocycles. The number of fused-ring (bicyclic) bond motifs is 16. The van der Waals surface area contributed by atoms with Crippen molar-refractivity contribution in [2.45, 2.75) is 0 Å². The van der Waals surface area contributed by atoms with E-state index in [1.165, 1.54) is 74.4 Å². The van der Waals surface area contributed by atoms with Gasteiger partial charge in [0.1, 0.15) is 0 Å². The molecule has 0 bridgehead atoms. The largest absolute Gasteiger partial charge is 0.276 e. The minimum absolute atomic E-state index is 0.589. The molecule has 4 nitrogen and oxygen atoms in total. The first-order valence-corrected chi connectivity index (χ1v) is 21.1.